The van der Waals surface area contributed by atoms with E-state index in [-0.39, 0.29) is 0 Å². The van der Waals surface area contributed by atoms with Crippen LogP contribution in [0.4, 0.5) is 4.11 Å². The second-order valence-corrected chi connectivity index (χ2v) is 5.25. The van der Waals surface area contributed by atoms with Crippen LogP contribution in [0.3, 0.4) is 0 Å². The number of halogens is 1. The van der Waals surface area contributed by atoms with Gasteiger partial charge < -0.3 is 9.16 Å². The minimum atomic E-state index is -2.87. The number of rotatable bonds is 3. The molecule has 0 amide bonds. The molecule has 9 heavy (non-hydrogen) atoms. The molecule has 0 saturated carbocycles. The molecule has 0 saturated heterocycles. The molecule has 0 bridgehead atoms. The minimum Gasteiger partial charge on any atom is -0.365 e. The van der Waals surface area contributed by atoms with Crippen LogP contribution < -0.4 is 0 Å². The highest BCUT2D eigenvalue weighted by molar-refractivity contribution is 6.63. The third-order valence-electron chi connectivity index (χ3n) is 0.778. The fourth-order valence-electron chi connectivity index (χ4n) is 0.443. The van der Waals surface area contributed by atoms with Crippen LogP contribution in [0.1, 0.15) is 6.92 Å². The molecule has 0 aromatic rings. The molecule has 0 aromatic heterocycles. The zero-order chi connectivity index (χ0) is 7.49. The van der Waals surface area contributed by atoms with E-state index in [9.17, 15) is 4.11 Å². The number of methoxy groups -OCH3 is 1. The molecule has 4 heteroatoms. The van der Waals surface area contributed by atoms with E-state index in [0.29, 0.717) is 0 Å². The summed E-state index contributed by atoms with van der Waals surface area (Å²) in [6.45, 7) is 4.62. The van der Waals surface area contributed by atoms with Gasteiger partial charge in [-0.15, -0.1) is 0 Å². The van der Waals surface area contributed by atoms with E-state index in [2.05, 4.69) is 0 Å². The molecule has 0 N–H and O–H groups in total. The van der Waals surface area contributed by atoms with Crippen LogP contribution in [-0.4, -0.2) is 22.1 Å². The molecule has 0 aliphatic carbocycles. The van der Waals surface area contributed by atoms with Crippen molar-refractivity contribution < 1.29 is 13.3 Å². The fraction of sp³-hybridized carbons (Fsp3) is 1.00. The number of ether oxygens (including phenoxy) is 1. The molecule has 0 spiro atoms. The average Bonchev–Trinajstić information content (AvgIpc) is 1.62. The van der Waals surface area contributed by atoms with Gasteiger partial charge in [-0.2, -0.15) is 0 Å². The lowest BCUT2D eigenvalue weighted by atomic mass is 10.8. The van der Waals surface area contributed by atoms with Crippen molar-refractivity contribution in [3.05, 3.63) is 0 Å². The molecule has 2 nitrogen and oxygen atoms in total. The van der Waals surface area contributed by atoms with Crippen molar-refractivity contribution in [1.29, 1.82) is 0 Å². The van der Waals surface area contributed by atoms with Gasteiger partial charge in [0.25, 0.3) is 0 Å². The Morgan fingerprint density at radius 2 is 1.89 bits per heavy atom. The highest BCUT2D eigenvalue weighted by atomic mass is 28.4. The SMILES string of the molecule is COC(C)O[Si](C)(C)F. The van der Waals surface area contributed by atoms with Gasteiger partial charge in [0.1, 0.15) is 6.29 Å². The molecule has 0 aliphatic rings. The van der Waals surface area contributed by atoms with Gasteiger partial charge in [0.05, 0.1) is 0 Å². The Balaban J connectivity index is 3.47. The Morgan fingerprint density at radius 1 is 1.44 bits per heavy atom. The van der Waals surface area contributed by atoms with Gasteiger partial charge in [-0.25, -0.2) is 0 Å². The molecule has 56 valence electrons. The van der Waals surface area contributed by atoms with Crippen LogP contribution in [0.15, 0.2) is 0 Å². The Hall–Kier alpha value is 0.0669. The maximum Gasteiger partial charge on any atom is 0.379 e. The first-order chi connectivity index (χ1) is 3.95. The Morgan fingerprint density at radius 3 is 2.00 bits per heavy atom. The molecule has 0 radical (unpaired) electrons. The van der Waals surface area contributed by atoms with Crippen molar-refractivity contribution in [3.8, 4) is 0 Å². The molecule has 0 aromatic carbocycles. The van der Waals surface area contributed by atoms with Crippen LogP contribution >= 0.6 is 0 Å². The van der Waals surface area contributed by atoms with Crippen LogP contribution in [0.5, 0.6) is 0 Å². The summed E-state index contributed by atoms with van der Waals surface area (Å²) in [5, 5.41) is 0. The van der Waals surface area contributed by atoms with Crippen molar-refractivity contribution in [2.45, 2.75) is 26.3 Å². The third kappa shape index (κ3) is 5.95. The van der Waals surface area contributed by atoms with Crippen molar-refractivity contribution in [2.75, 3.05) is 7.11 Å². The van der Waals surface area contributed by atoms with E-state index in [0.717, 1.165) is 0 Å². The normalized spacial score (nSPS) is 15.7. The third-order valence-corrected chi connectivity index (χ3v) is 1.67. The van der Waals surface area contributed by atoms with Crippen molar-refractivity contribution in [1.82, 2.24) is 0 Å². The number of hydrogen-bond donors (Lipinski definition) is 0. The lowest BCUT2D eigenvalue weighted by Gasteiger charge is -2.17. The van der Waals surface area contributed by atoms with Crippen molar-refractivity contribution in [2.24, 2.45) is 0 Å². The molecule has 0 fully saturated rings. The topological polar surface area (TPSA) is 18.5 Å². The molecule has 0 aliphatic heterocycles. The lowest BCUT2D eigenvalue weighted by molar-refractivity contribution is -0.0510. The van der Waals surface area contributed by atoms with Gasteiger partial charge in [-0.1, -0.05) is 0 Å². The smallest absolute Gasteiger partial charge is 0.365 e. The van der Waals surface area contributed by atoms with Crippen LogP contribution in [0, 0.1) is 0 Å². The second kappa shape index (κ2) is 3.29. The van der Waals surface area contributed by atoms with Crippen molar-refractivity contribution in [3.63, 3.8) is 0 Å². The number of hydrogen-bond acceptors (Lipinski definition) is 2. The van der Waals surface area contributed by atoms with E-state index in [1.54, 1.807) is 6.92 Å². The summed E-state index contributed by atoms with van der Waals surface area (Å²) in [6.07, 6.45) is -0.420. The van der Waals surface area contributed by atoms with Gasteiger partial charge >= 0.3 is 8.65 Å². The van der Waals surface area contributed by atoms with Gasteiger partial charge in [-0.3, -0.25) is 4.11 Å². The summed E-state index contributed by atoms with van der Waals surface area (Å²) in [7, 11) is -1.38. The fourth-order valence-corrected chi connectivity index (χ4v) is 1.33. The van der Waals surface area contributed by atoms with Gasteiger partial charge in [-0.05, 0) is 20.0 Å². The largest absolute Gasteiger partial charge is 0.379 e. The zero-order valence-electron chi connectivity index (χ0n) is 6.27. The quantitative estimate of drug-likeness (QED) is 0.348. The van der Waals surface area contributed by atoms with Crippen LogP contribution in [0.2, 0.25) is 13.1 Å². The maximum atomic E-state index is 12.7. The molecule has 1 unspecified atom stereocenters. The predicted molar refractivity (Wildman–Crippen MR) is 36.1 cm³/mol. The van der Waals surface area contributed by atoms with E-state index in [1.807, 2.05) is 0 Å². The first-order valence-electron chi connectivity index (χ1n) is 2.85. The van der Waals surface area contributed by atoms with Gasteiger partial charge in [0.2, 0.25) is 0 Å². The molecule has 0 rings (SSSR count). The Bertz CT molecular complexity index is 81.5. The maximum absolute atomic E-state index is 12.7. The molecular formula is C5H13FO2Si. The molecule has 0 heterocycles. The summed E-state index contributed by atoms with van der Waals surface area (Å²) >= 11 is 0. The zero-order valence-corrected chi connectivity index (χ0v) is 7.27. The Labute approximate surface area is 56.3 Å². The summed E-state index contributed by atoms with van der Waals surface area (Å²) in [5.74, 6) is 0. The average molecular weight is 152 g/mol. The van der Waals surface area contributed by atoms with E-state index in [4.69, 9.17) is 9.16 Å². The van der Waals surface area contributed by atoms with Crippen LogP contribution in [0.25, 0.3) is 0 Å². The standard InChI is InChI=1S/C5H13FO2Si/c1-5(7-2)8-9(3,4)6/h5H,1-4H3. The highest BCUT2D eigenvalue weighted by Crippen LogP contribution is 2.08. The molecular weight excluding hydrogens is 139 g/mol. The van der Waals surface area contributed by atoms with Crippen molar-refractivity contribution >= 4 is 8.65 Å². The summed E-state index contributed by atoms with van der Waals surface area (Å²) in [5.41, 5.74) is 0. The van der Waals surface area contributed by atoms with E-state index >= 15 is 0 Å². The minimum absolute atomic E-state index is 0.420. The first kappa shape index (κ1) is 9.07. The van der Waals surface area contributed by atoms with Gasteiger partial charge in [0.15, 0.2) is 0 Å². The molecule has 1 atom stereocenters. The highest BCUT2D eigenvalue weighted by Gasteiger charge is 2.24. The summed E-state index contributed by atoms with van der Waals surface area (Å²) in [4.78, 5) is 0. The van der Waals surface area contributed by atoms with E-state index < -0.39 is 14.9 Å². The van der Waals surface area contributed by atoms with Gasteiger partial charge in [0, 0.05) is 7.11 Å². The summed E-state index contributed by atoms with van der Waals surface area (Å²) < 4.78 is 22.2. The second-order valence-electron chi connectivity index (χ2n) is 2.28. The predicted octanol–water partition coefficient (Wildman–Crippen LogP) is 1.67. The lowest BCUT2D eigenvalue weighted by Crippen LogP contribution is -2.30. The van der Waals surface area contributed by atoms with E-state index in [1.165, 1.54) is 20.2 Å². The monoisotopic (exact) mass is 152 g/mol. The van der Waals surface area contributed by atoms with Crippen LogP contribution in [-0.2, 0) is 9.16 Å². The first-order valence-corrected chi connectivity index (χ1v) is 5.64. The Kier molecular flexibility index (Phi) is 3.31. The summed E-state index contributed by atoms with van der Waals surface area (Å²) in [6, 6.07) is 0.